The van der Waals surface area contributed by atoms with Gasteiger partial charge in [-0.25, -0.2) is 0 Å². The van der Waals surface area contributed by atoms with E-state index >= 15 is 0 Å². The molecule has 0 aromatic heterocycles. The summed E-state index contributed by atoms with van der Waals surface area (Å²) >= 11 is 1.93. The van der Waals surface area contributed by atoms with E-state index in [1.54, 1.807) is 6.07 Å². The molecule has 0 amide bonds. The van der Waals surface area contributed by atoms with E-state index in [1.807, 2.05) is 17.8 Å². The molecule has 0 saturated heterocycles. The Hall–Kier alpha value is -1.45. The maximum atomic E-state index is 10.1. The summed E-state index contributed by atoms with van der Waals surface area (Å²) in [4.78, 5) is 1.38. The smallest absolute Gasteiger partial charge is 0.120 e. The third-order valence-electron chi connectivity index (χ3n) is 4.06. The average Bonchev–Trinajstić information content (AvgIpc) is 2.50. The fourth-order valence-corrected chi connectivity index (χ4v) is 4.05. The Morgan fingerprint density at radius 3 is 2.90 bits per heavy atom. The first-order valence-electron chi connectivity index (χ1n) is 7.42. The van der Waals surface area contributed by atoms with Crippen LogP contribution < -0.4 is 5.32 Å². The monoisotopic (exact) mass is 299 g/mol. The molecule has 0 fully saturated rings. The van der Waals surface area contributed by atoms with Crippen molar-refractivity contribution in [2.75, 3.05) is 5.75 Å². The van der Waals surface area contributed by atoms with Gasteiger partial charge in [-0.2, -0.15) is 0 Å². The van der Waals surface area contributed by atoms with Crippen LogP contribution in [0.4, 0.5) is 0 Å². The van der Waals surface area contributed by atoms with Gasteiger partial charge >= 0.3 is 0 Å². The van der Waals surface area contributed by atoms with Crippen molar-refractivity contribution in [3.63, 3.8) is 0 Å². The third-order valence-corrected chi connectivity index (χ3v) is 5.18. The predicted molar refractivity (Wildman–Crippen MR) is 88.9 cm³/mol. The van der Waals surface area contributed by atoms with Gasteiger partial charge in [0.25, 0.3) is 0 Å². The van der Waals surface area contributed by atoms with Gasteiger partial charge in [-0.15, -0.1) is 11.8 Å². The van der Waals surface area contributed by atoms with Gasteiger partial charge in [-0.3, -0.25) is 0 Å². The highest BCUT2D eigenvalue weighted by molar-refractivity contribution is 7.99. The van der Waals surface area contributed by atoms with Gasteiger partial charge in [0.05, 0.1) is 0 Å². The first-order chi connectivity index (χ1) is 10.1. The summed E-state index contributed by atoms with van der Waals surface area (Å²) < 4.78 is 0. The lowest BCUT2D eigenvalue weighted by atomic mass is 9.99. The van der Waals surface area contributed by atoms with Gasteiger partial charge in [0, 0.05) is 22.5 Å². The Morgan fingerprint density at radius 1 is 1.24 bits per heavy atom. The number of nitrogens with one attached hydrogen (secondary N) is 1. The zero-order valence-corrected chi connectivity index (χ0v) is 13.3. The maximum absolute atomic E-state index is 10.1. The minimum Gasteiger partial charge on any atom is -0.508 e. The Kier molecular flexibility index (Phi) is 4.22. The van der Waals surface area contributed by atoms with E-state index in [0.717, 1.165) is 17.7 Å². The van der Waals surface area contributed by atoms with E-state index in [1.165, 1.54) is 16.0 Å². The zero-order valence-electron chi connectivity index (χ0n) is 12.5. The first-order valence-corrected chi connectivity index (χ1v) is 8.41. The molecule has 0 spiro atoms. The van der Waals surface area contributed by atoms with Crippen LogP contribution in [0.1, 0.15) is 42.1 Å². The van der Waals surface area contributed by atoms with Crippen molar-refractivity contribution < 1.29 is 5.11 Å². The van der Waals surface area contributed by atoms with Crippen molar-refractivity contribution in [1.82, 2.24) is 5.32 Å². The molecule has 0 aliphatic carbocycles. The van der Waals surface area contributed by atoms with Crippen LogP contribution in [0.25, 0.3) is 0 Å². The highest BCUT2D eigenvalue weighted by Crippen LogP contribution is 2.37. The molecule has 2 N–H and O–H groups in total. The lowest BCUT2D eigenvalue weighted by molar-refractivity contribution is 0.420. The highest BCUT2D eigenvalue weighted by Gasteiger charge is 2.22. The van der Waals surface area contributed by atoms with Crippen molar-refractivity contribution >= 4 is 11.8 Å². The number of hydrogen-bond acceptors (Lipinski definition) is 3. The average molecular weight is 299 g/mol. The summed E-state index contributed by atoms with van der Waals surface area (Å²) in [5, 5.41) is 13.8. The Morgan fingerprint density at radius 2 is 2.05 bits per heavy atom. The predicted octanol–water partition coefficient (Wildman–Crippen LogP) is 4.59. The van der Waals surface area contributed by atoms with Crippen molar-refractivity contribution in [2.24, 2.45) is 0 Å². The summed E-state index contributed by atoms with van der Waals surface area (Å²) in [6.45, 7) is 4.18. The molecular weight excluding hydrogens is 278 g/mol. The molecule has 21 heavy (non-hydrogen) atoms. The number of hydrogen-bond donors (Lipinski definition) is 2. The van der Waals surface area contributed by atoms with E-state index < -0.39 is 0 Å². The van der Waals surface area contributed by atoms with E-state index in [2.05, 4.69) is 49.5 Å². The molecule has 2 nitrogen and oxygen atoms in total. The van der Waals surface area contributed by atoms with Gasteiger partial charge in [0.1, 0.15) is 5.75 Å². The van der Waals surface area contributed by atoms with E-state index in [4.69, 9.17) is 0 Å². The fraction of sp³-hybridized carbons (Fsp3) is 0.333. The number of thioether (sulfide) groups is 1. The van der Waals surface area contributed by atoms with Crippen molar-refractivity contribution in [3.05, 3.63) is 59.2 Å². The van der Waals surface area contributed by atoms with Gasteiger partial charge in [0.2, 0.25) is 0 Å². The topological polar surface area (TPSA) is 32.3 Å². The molecule has 0 saturated carbocycles. The quantitative estimate of drug-likeness (QED) is 0.869. The molecule has 0 radical (unpaired) electrons. The summed E-state index contributed by atoms with van der Waals surface area (Å²) in [6.07, 6.45) is 1.12. The largest absolute Gasteiger partial charge is 0.508 e. The summed E-state index contributed by atoms with van der Waals surface area (Å²) in [7, 11) is 0. The molecule has 2 aromatic carbocycles. The second-order valence-corrected chi connectivity index (χ2v) is 6.81. The summed E-state index contributed by atoms with van der Waals surface area (Å²) in [5.41, 5.74) is 3.54. The fourth-order valence-electron chi connectivity index (χ4n) is 2.93. The van der Waals surface area contributed by atoms with Crippen LogP contribution in [0.3, 0.4) is 0 Å². The molecule has 1 aliphatic heterocycles. The van der Waals surface area contributed by atoms with Gasteiger partial charge in [0.15, 0.2) is 0 Å². The molecule has 2 atom stereocenters. The Balaban J connectivity index is 1.82. The first kappa shape index (κ1) is 14.5. The highest BCUT2D eigenvalue weighted by atomic mass is 32.2. The van der Waals surface area contributed by atoms with Crippen molar-refractivity contribution in [2.45, 2.75) is 37.2 Å². The van der Waals surface area contributed by atoms with E-state index in [0.29, 0.717) is 11.8 Å². The number of phenolic OH excluding ortho intramolecular Hbond substituents is 1. The molecule has 0 bridgehead atoms. The molecule has 3 heteroatoms. The number of aryl methyl sites for hydroxylation is 1. The van der Waals surface area contributed by atoms with Crippen LogP contribution in [-0.2, 0) is 0 Å². The molecule has 2 unspecified atom stereocenters. The molecule has 3 rings (SSSR count). The van der Waals surface area contributed by atoms with Gasteiger partial charge in [-0.1, -0.05) is 35.9 Å². The number of aromatic hydroxyl groups is 1. The van der Waals surface area contributed by atoms with Gasteiger partial charge < -0.3 is 10.4 Å². The van der Waals surface area contributed by atoms with Crippen molar-refractivity contribution in [3.8, 4) is 5.75 Å². The summed E-state index contributed by atoms with van der Waals surface area (Å²) in [6, 6.07) is 14.9. The van der Waals surface area contributed by atoms with Crippen LogP contribution in [0.5, 0.6) is 5.75 Å². The van der Waals surface area contributed by atoms with Crippen LogP contribution in [-0.4, -0.2) is 10.9 Å². The summed E-state index contributed by atoms with van der Waals surface area (Å²) in [5.74, 6) is 1.51. The molecule has 110 valence electrons. The second kappa shape index (κ2) is 6.12. The number of benzene rings is 2. The van der Waals surface area contributed by atoms with Crippen LogP contribution in [0.2, 0.25) is 0 Å². The van der Waals surface area contributed by atoms with E-state index in [-0.39, 0.29) is 6.04 Å². The zero-order chi connectivity index (χ0) is 14.8. The third kappa shape index (κ3) is 3.09. The lowest BCUT2D eigenvalue weighted by Crippen LogP contribution is -2.27. The lowest BCUT2D eigenvalue weighted by Gasteiger charge is -2.29. The Bertz CT molecular complexity index is 641. The van der Waals surface area contributed by atoms with Gasteiger partial charge in [-0.05, 0) is 43.7 Å². The van der Waals surface area contributed by atoms with Crippen LogP contribution >= 0.6 is 11.8 Å². The molecule has 2 aromatic rings. The minimum atomic E-state index is 0.131. The van der Waals surface area contributed by atoms with Crippen LogP contribution in [0, 0.1) is 6.92 Å². The standard InChI is InChI=1S/C18H21NOS/c1-12-7-8-17(20)15(11-12)13(2)19-16-9-10-21-18-6-4-3-5-14(16)18/h3-8,11,13,16,19-20H,9-10H2,1-2H3. The van der Waals surface area contributed by atoms with E-state index in [9.17, 15) is 5.11 Å². The minimum absolute atomic E-state index is 0.131. The van der Waals surface area contributed by atoms with Crippen molar-refractivity contribution in [1.29, 1.82) is 0 Å². The normalized spacial score (nSPS) is 19.0. The number of rotatable bonds is 3. The maximum Gasteiger partial charge on any atom is 0.120 e. The molecular formula is C18H21NOS. The number of fused-ring (bicyclic) bond motifs is 1. The number of phenols is 1. The SMILES string of the molecule is Cc1ccc(O)c(C(C)NC2CCSc3ccccc32)c1. The Labute approximate surface area is 130 Å². The molecule has 1 heterocycles. The second-order valence-electron chi connectivity index (χ2n) is 5.68. The van der Waals surface area contributed by atoms with Crippen LogP contribution in [0.15, 0.2) is 47.4 Å². The molecule has 1 aliphatic rings.